The molecule has 0 bridgehead atoms. The van der Waals surface area contributed by atoms with Gasteiger partial charge >= 0.3 is 5.97 Å². The number of anilines is 1. The number of aliphatic hydroxyl groups excluding tert-OH is 2. The first-order valence-corrected chi connectivity index (χ1v) is 4.21. The van der Waals surface area contributed by atoms with Crippen molar-refractivity contribution >= 4 is 11.7 Å². The van der Waals surface area contributed by atoms with Crippen molar-refractivity contribution in [1.82, 2.24) is 0 Å². The Balaban J connectivity index is 2.90. The van der Waals surface area contributed by atoms with Crippen LogP contribution in [0.2, 0.25) is 0 Å². The highest BCUT2D eigenvalue weighted by molar-refractivity contribution is 5.73. The van der Waals surface area contributed by atoms with Crippen molar-refractivity contribution in [2.24, 2.45) is 5.84 Å². The molecule has 1 rings (SSSR count). The van der Waals surface area contributed by atoms with E-state index in [-0.39, 0.29) is 5.56 Å². The van der Waals surface area contributed by atoms with E-state index in [4.69, 9.17) is 16.1 Å². The molecule has 0 fully saturated rings. The van der Waals surface area contributed by atoms with Crippen LogP contribution < -0.4 is 11.3 Å². The van der Waals surface area contributed by atoms with E-state index in [9.17, 15) is 9.90 Å². The van der Waals surface area contributed by atoms with Gasteiger partial charge in [0, 0.05) is 5.69 Å². The molecule has 0 spiro atoms. The van der Waals surface area contributed by atoms with Crippen LogP contribution in [-0.2, 0) is 4.79 Å². The van der Waals surface area contributed by atoms with Crippen LogP contribution in [-0.4, -0.2) is 27.4 Å². The molecule has 6 heteroatoms. The molecule has 6 N–H and O–H groups in total. The number of hydrogen-bond acceptors (Lipinski definition) is 5. The van der Waals surface area contributed by atoms with Gasteiger partial charge in [-0.1, -0.05) is 12.1 Å². The largest absolute Gasteiger partial charge is 0.479 e. The predicted molar refractivity (Wildman–Crippen MR) is 52.9 cm³/mol. The van der Waals surface area contributed by atoms with Gasteiger partial charge in [0.15, 0.2) is 6.10 Å². The first-order valence-electron chi connectivity index (χ1n) is 4.21. The highest BCUT2D eigenvalue weighted by Crippen LogP contribution is 2.20. The van der Waals surface area contributed by atoms with Gasteiger partial charge in [0.2, 0.25) is 0 Å². The summed E-state index contributed by atoms with van der Waals surface area (Å²) in [6.07, 6.45) is -3.33. The van der Waals surface area contributed by atoms with Gasteiger partial charge in [-0.2, -0.15) is 0 Å². The van der Waals surface area contributed by atoms with Gasteiger partial charge in [0.05, 0.1) is 0 Å². The van der Waals surface area contributed by atoms with E-state index in [1.54, 1.807) is 12.1 Å². The fourth-order valence-electron chi connectivity index (χ4n) is 1.13. The molecule has 2 unspecified atom stereocenters. The topological polar surface area (TPSA) is 116 Å². The average Bonchev–Trinajstić information content (AvgIpc) is 2.27. The maximum atomic E-state index is 10.4. The number of carboxylic acids is 1. The number of rotatable bonds is 4. The first-order chi connectivity index (χ1) is 7.06. The second-order valence-corrected chi connectivity index (χ2v) is 3.00. The third-order valence-corrected chi connectivity index (χ3v) is 1.95. The van der Waals surface area contributed by atoms with Gasteiger partial charge in [-0.3, -0.25) is 5.84 Å². The molecule has 82 valence electrons. The van der Waals surface area contributed by atoms with Crippen LogP contribution in [0.15, 0.2) is 24.3 Å². The fraction of sp³-hybridized carbons (Fsp3) is 0.222. The summed E-state index contributed by atoms with van der Waals surface area (Å²) < 4.78 is 0. The average molecular weight is 212 g/mol. The molecule has 0 saturated heterocycles. The molecule has 1 aromatic rings. The quantitative estimate of drug-likeness (QED) is 0.338. The molecule has 2 atom stereocenters. The standard InChI is InChI=1S/C9H12N2O4/c10-11-6-3-1-2-5(4-6)7(12)8(13)9(14)15/h1-4,7-8,11-13H,10H2,(H,14,15). The number of hydrazine groups is 1. The molecule has 6 nitrogen and oxygen atoms in total. The molecule has 0 heterocycles. The molecular weight excluding hydrogens is 200 g/mol. The Kier molecular flexibility index (Phi) is 3.62. The zero-order chi connectivity index (χ0) is 11.4. The van der Waals surface area contributed by atoms with Crippen LogP contribution in [0, 0.1) is 0 Å². The van der Waals surface area contributed by atoms with Crippen LogP contribution in [0.5, 0.6) is 0 Å². The molecule has 0 aromatic heterocycles. The summed E-state index contributed by atoms with van der Waals surface area (Å²) in [5, 5.41) is 27.1. The van der Waals surface area contributed by atoms with Gasteiger partial charge in [0.1, 0.15) is 6.10 Å². The summed E-state index contributed by atoms with van der Waals surface area (Å²) >= 11 is 0. The highest BCUT2D eigenvalue weighted by atomic mass is 16.4. The lowest BCUT2D eigenvalue weighted by atomic mass is 10.0. The number of aliphatic carboxylic acids is 1. The number of carboxylic acid groups (broad SMARTS) is 1. The van der Waals surface area contributed by atoms with Crippen LogP contribution in [0.3, 0.4) is 0 Å². The summed E-state index contributed by atoms with van der Waals surface area (Å²) in [7, 11) is 0. The summed E-state index contributed by atoms with van der Waals surface area (Å²) in [5.74, 6) is 3.67. The minimum absolute atomic E-state index is 0.278. The lowest BCUT2D eigenvalue weighted by molar-refractivity contribution is -0.153. The molecule has 1 aromatic carbocycles. The van der Waals surface area contributed by atoms with Gasteiger partial charge < -0.3 is 20.7 Å². The number of carbonyl (C=O) groups is 1. The zero-order valence-electron chi connectivity index (χ0n) is 7.79. The number of benzene rings is 1. The highest BCUT2D eigenvalue weighted by Gasteiger charge is 2.24. The third kappa shape index (κ3) is 2.66. The lowest BCUT2D eigenvalue weighted by Crippen LogP contribution is -2.27. The maximum Gasteiger partial charge on any atom is 0.335 e. The minimum atomic E-state index is -1.85. The van der Waals surface area contributed by atoms with Crippen LogP contribution in [0.4, 0.5) is 5.69 Å². The Morgan fingerprint density at radius 3 is 2.60 bits per heavy atom. The van der Waals surface area contributed by atoms with Crippen molar-refractivity contribution in [3.8, 4) is 0 Å². The predicted octanol–water partition coefficient (Wildman–Crippen LogP) is -0.549. The van der Waals surface area contributed by atoms with Crippen molar-refractivity contribution in [3.05, 3.63) is 29.8 Å². The second kappa shape index (κ2) is 4.74. The van der Waals surface area contributed by atoms with E-state index < -0.39 is 18.2 Å². The minimum Gasteiger partial charge on any atom is -0.479 e. The fourth-order valence-corrected chi connectivity index (χ4v) is 1.13. The van der Waals surface area contributed by atoms with Crippen molar-refractivity contribution < 1.29 is 20.1 Å². The van der Waals surface area contributed by atoms with Gasteiger partial charge in [-0.25, -0.2) is 4.79 Å². The lowest BCUT2D eigenvalue weighted by Gasteiger charge is -2.14. The van der Waals surface area contributed by atoms with Crippen LogP contribution in [0.1, 0.15) is 11.7 Å². The van der Waals surface area contributed by atoms with E-state index in [1.807, 2.05) is 0 Å². The normalized spacial score (nSPS) is 14.3. The molecule has 0 aliphatic carbocycles. The first kappa shape index (κ1) is 11.4. The molecule has 15 heavy (non-hydrogen) atoms. The SMILES string of the molecule is NNc1cccc(C(O)C(O)C(=O)O)c1. The van der Waals surface area contributed by atoms with Crippen LogP contribution >= 0.6 is 0 Å². The summed E-state index contributed by atoms with van der Waals surface area (Å²) in [6.45, 7) is 0. The van der Waals surface area contributed by atoms with Gasteiger partial charge in [-0.05, 0) is 17.7 Å². The molecular formula is C9H12N2O4. The Morgan fingerprint density at radius 2 is 2.07 bits per heavy atom. The number of nitrogens with two attached hydrogens (primary N) is 1. The van der Waals surface area contributed by atoms with Crippen molar-refractivity contribution in [3.63, 3.8) is 0 Å². The van der Waals surface area contributed by atoms with E-state index in [1.165, 1.54) is 12.1 Å². The van der Waals surface area contributed by atoms with E-state index in [0.29, 0.717) is 5.69 Å². The van der Waals surface area contributed by atoms with E-state index >= 15 is 0 Å². The number of hydrogen-bond donors (Lipinski definition) is 5. The number of nitrogens with one attached hydrogen (secondary N) is 1. The molecule has 0 aliphatic rings. The Labute approximate surface area is 85.9 Å². The Morgan fingerprint density at radius 1 is 1.40 bits per heavy atom. The van der Waals surface area contributed by atoms with Crippen molar-refractivity contribution in [2.45, 2.75) is 12.2 Å². The molecule has 0 amide bonds. The number of nitrogen functional groups attached to an aromatic ring is 1. The molecule has 0 radical (unpaired) electrons. The van der Waals surface area contributed by atoms with E-state index in [2.05, 4.69) is 5.43 Å². The summed E-state index contributed by atoms with van der Waals surface area (Å²) in [4.78, 5) is 10.4. The van der Waals surface area contributed by atoms with Crippen molar-refractivity contribution in [1.29, 1.82) is 0 Å². The summed E-state index contributed by atoms with van der Waals surface area (Å²) in [5.41, 5.74) is 3.15. The Hall–Kier alpha value is -1.63. The summed E-state index contributed by atoms with van der Waals surface area (Å²) in [6, 6.07) is 6.18. The molecule has 0 aliphatic heterocycles. The van der Waals surface area contributed by atoms with E-state index in [0.717, 1.165) is 0 Å². The smallest absolute Gasteiger partial charge is 0.335 e. The second-order valence-electron chi connectivity index (χ2n) is 3.00. The van der Waals surface area contributed by atoms with Crippen LogP contribution in [0.25, 0.3) is 0 Å². The zero-order valence-corrected chi connectivity index (χ0v) is 7.79. The monoisotopic (exact) mass is 212 g/mol. The Bertz CT molecular complexity index is 356. The third-order valence-electron chi connectivity index (χ3n) is 1.95. The maximum absolute atomic E-state index is 10.4. The van der Waals surface area contributed by atoms with Crippen molar-refractivity contribution in [2.75, 3.05) is 5.43 Å². The van der Waals surface area contributed by atoms with Gasteiger partial charge in [-0.15, -0.1) is 0 Å². The molecule has 0 saturated carbocycles. The number of aliphatic hydroxyl groups is 2. The van der Waals surface area contributed by atoms with Gasteiger partial charge in [0.25, 0.3) is 0 Å².